The zero-order valence-corrected chi connectivity index (χ0v) is 27.5. The number of carbonyl (C=O) groups is 2. The second-order valence-electron chi connectivity index (χ2n) is 13.3. The number of fused-ring (bicyclic) bond motifs is 1. The second kappa shape index (κ2) is 15.1. The average Bonchev–Trinajstić information content (AvgIpc) is 3.64. The molecule has 3 fully saturated rings. The third-order valence-corrected chi connectivity index (χ3v) is 10.4. The largest absolute Gasteiger partial charge is 0.461 e. The van der Waals surface area contributed by atoms with Crippen LogP contribution in [0.2, 0.25) is 5.28 Å². The summed E-state index contributed by atoms with van der Waals surface area (Å²) in [6, 6.07) is 0. The van der Waals surface area contributed by atoms with Gasteiger partial charge >= 0.3 is 11.9 Å². The number of aromatic nitrogens is 4. The summed E-state index contributed by atoms with van der Waals surface area (Å²) in [6.07, 6.45) is 20.9. The van der Waals surface area contributed by atoms with Gasteiger partial charge in [-0.1, -0.05) is 58.3 Å². The zero-order valence-electron chi connectivity index (χ0n) is 26.7. The number of hydrogen-bond donors (Lipinski definition) is 1. The fourth-order valence-corrected chi connectivity index (χ4v) is 7.53. The molecule has 0 radical (unpaired) electrons. The number of carbonyl (C=O) groups excluding carboxylic acids is 2. The number of nitrogen functional groups attached to an aromatic ring is 1. The van der Waals surface area contributed by atoms with E-state index in [2.05, 4.69) is 34.7 Å². The summed E-state index contributed by atoms with van der Waals surface area (Å²) < 4.78 is 20.2. The van der Waals surface area contributed by atoms with Crippen molar-refractivity contribution in [1.29, 1.82) is 0 Å². The summed E-state index contributed by atoms with van der Waals surface area (Å²) >= 11 is 6.11. The van der Waals surface area contributed by atoms with Crippen LogP contribution in [0.25, 0.3) is 11.2 Å². The third kappa shape index (κ3) is 7.74. The summed E-state index contributed by atoms with van der Waals surface area (Å²) in [7, 11) is 0. The van der Waals surface area contributed by atoms with Gasteiger partial charge in [0, 0.05) is 6.42 Å². The maximum Gasteiger partial charge on any atom is 0.309 e. The molecule has 2 aliphatic carbocycles. The van der Waals surface area contributed by atoms with Gasteiger partial charge in [-0.15, -0.1) is 6.42 Å². The van der Waals surface area contributed by atoms with Crippen LogP contribution in [0.5, 0.6) is 0 Å². The molecule has 2 aromatic rings. The maximum atomic E-state index is 13.5. The van der Waals surface area contributed by atoms with E-state index in [1.807, 2.05) is 0 Å². The molecule has 0 bridgehead atoms. The Morgan fingerprint density at radius 3 is 2.20 bits per heavy atom. The highest BCUT2D eigenvalue weighted by Gasteiger charge is 2.53. The summed E-state index contributed by atoms with van der Waals surface area (Å²) in [5.41, 5.74) is 5.30. The van der Waals surface area contributed by atoms with Crippen LogP contribution in [0.3, 0.4) is 0 Å². The minimum atomic E-state index is -1.48. The Balaban J connectivity index is 1.30. The Labute approximate surface area is 271 Å². The molecule has 1 saturated heterocycles. The fourth-order valence-electron chi connectivity index (χ4n) is 7.36. The minimum Gasteiger partial charge on any atom is -0.461 e. The van der Waals surface area contributed by atoms with Crippen LogP contribution in [0.4, 0.5) is 5.82 Å². The van der Waals surface area contributed by atoms with Crippen molar-refractivity contribution >= 4 is 40.5 Å². The molecule has 0 unspecified atom stereocenters. The maximum absolute atomic E-state index is 13.5. The van der Waals surface area contributed by atoms with Gasteiger partial charge in [0.1, 0.15) is 24.5 Å². The summed E-state index contributed by atoms with van der Waals surface area (Å²) in [4.78, 5) is 39.4. The molecule has 3 atom stereocenters. The molecule has 2 saturated carbocycles. The van der Waals surface area contributed by atoms with Crippen molar-refractivity contribution in [3.05, 3.63) is 11.6 Å². The Hall–Kier alpha value is -2.90. The quantitative estimate of drug-likeness (QED) is 0.151. The highest BCUT2D eigenvalue weighted by Crippen LogP contribution is 2.42. The number of terminal acetylenes is 1. The van der Waals surface area contributed by atoms with Crippen LogP contribution in [0, 0.1) is 36.0 Å². The van der Waals surface area contributed by atoms with Gasteiger partial charge < -0.3 is 19.9 Å². The molecule has 2 aromatic heterocycles. The standard InChI is InChI=1S/C34H48ClN5O5/c1-4-7-9-22-11-15-24(16-12-22)31(41)43-20-34(6-3)26(44-32(42)25-17-13-23(14-18-25)10-8-5-2)19-27(45-34)40-21-37-28-29(36)38-33(35)39-30(28)40/h3,21-27H,4-5,7-20H2,1-2H3,(H2,36,38,39)/t22?,23?,24?,25?,26-,27+,34+/m0/s1. The van der Waals surface area contributed by atoms with Crippen LogP contribution in [-0.2, 0) is 23.8 Å². The molecular formula is C34H48ClN5O5. The topological polar surface area (TPSA) is 131 Å². The number of unbranched alkanes of at least 4 members (excludes halogenated alkanes) is 2. The van der Waals surface area contributed by atoms with Crippen LogP contribution in [0.15, 0.2) is 6.33 Å². The first kappa shape index (κ1) is 33.5. The Morgan fingerprint density at radius 1 is 1.02 bits per heavy atom. The molecular weight excluding hydrogens is 594 g/mol. The van der Waals surface area contributed by atoms with Gasteiger partial charge in [0.2, 0.25) is 10.9 Å². The summed E-state index contributed by atoms with van der Waals surface area (Å²) in [5.74, 6) is 3.28. The van der Waals surface area contributed by atoms with Gasteiger partial charge in [0.25, 0.3) is 0 Å². The lowest BCUT2D eigenvalue weighted by molar-refractivity contribution is -0.172. The first-order valence-electron chi connectivity index (χ1n) is 16.9. The van der Waals surface area contributed by atoms with Crippen molar-refractivity contribution in [2.45, 2.75) is 128 Å². The van der Waals surface area contributed by atoms with Gasteiger partial charge in [0.15, 0.2) is 11.5 Å². The van der Waals surface area contributed by atoms with Crippen molar-refractivity contribution in [3.63, 3.8) is 0 Å². The number of nitrogens with two attached hydrogens (primary N) is 1. The molecule has 5 rings (SSSR count). The third-order valence-electron chi connectivity index (χ3n) is 10.2. The van der Waals surface area contributed by atoms with E-state index in [1.165, 1.54) is 44.9 Å². The molecule has 0 spiro atoms. The van der Waals surface area contributed by atoms with Crippen molar-refractivity contribution in [2.75, 3.05) is 12.3 Å². The molecule has 3 aliphatic rings. The van der Waals surface area contributed by atoms with Gasteiger partial charge in [-0.2, -0.15) is 9.97 Å². The normalized spacial score (nSPS) is 30.2. The number of rotatable bonds is 12. The van der Waals surface area contributed by atoms with E-state index in [4.69, 9.17) is 38.0 Å². The van der Waals surface area contributed by atoms with Crippen LogP contribution in [-0.4, -0.2) is 49.8 Å². The Bertz CT molecular complexity index is 1360. The monoisotopic (exact) mass is 641 g/mol. The van der Waals surface area contributed by atoms with Crippen molar-refractivity contribution in [3.8, 4) is 12.3 Å². The van der Waals surface area contributed by atoms with Gasteiger partial charge in [-0.05, 0) is 74.8 Å². The molecule has 1 aliphatic heterocycles. The predicted molar refractivity (Wildman–Crippen MR) is 172 cm³/mol. The lowest BCUT2D eigenvalue weighted by Crippen LogP contribution is -2.46. The van der Waals surface area contributed by atoms with Crippen LogP contribution < -0.4 is 5.73 Å². The summed E-state index contributed by atoms with van der Waals surface area (Å²) in [5, 5.41) is -0.0289. The molecule has 246 valence electrons. The van der Waals surface area contributed by atoms with Gasteiger partial charge in [-0.3, -0.25) is 14.2 Å². The van der Waals surface area contributed by atoms with E-state index in [1.54, 1.807) is 4.57 Å². The smallest absolute Gasteiger partial charge is 0.309 e. The first-order valence-corrected chi connectivity index (χ1v) is 17.3. The molecule has 0 amide bonds. The molecule has 3 heterocycles. The van der Waals surface area contributed by atoms with Crippen molar-refractivity contribution < 1.29 is 23.8 Å². The highest BCUT2D eigenvalue weighted by molar-refractivity contribution is 6.28. The van der Waals surface area contributed by atoms with Gasteiger partial charge in [0.05, 0.1) is 18.2 Å². The number of anilines is 1. The van der Waals surface area contributed by atoms with E-state index < -0.39 is 17.9 Å². The van der Waals surface area contributed by atoms with E-state index in [9.17, 15) is 9.59 Å². The molecule has 0 aromatic carbocycles. The van der Waals surface area contributed by atoms with Crippen molar-refractivity contribution in [2.24, 2.45) is 23.7 Å². The van der Waals surface area contributed by atoms with Crippen molar-refractivity contribution in [1.82, 2.24) is 19.5 Å². The highest BCUT2D eigenvalue weighted by atomic mass is 35.5. The fraction of sp³-hybridized carbons (Fsp3) is 0.735. The zero-order chi connectivity index (χ0) is 32.0. The lowest BCUT2D eigenvalue weighted by atomic mass is 9.80. The molecule has 10 nitrogen and oxygen atoms in total. The number of nitrogens with zero attached hydrogens (tertiary/aromatic N) is 4. The molecule has 45 heavy (non-hydrogen) atoms. The van der Waals surface area contributed by atoms with E-state index >= 15 is 0 Å². The van der Waals surface area contributed by atoms with E-state index in [0.717, 1.165) is 51.4 Å². The Morgan fingerprint density at radius 2 is 1.62 bits per heavy atom. The number of hydrogen-bond acceptors (Lipinski definition) is 9. The van der Waals surface area contributed by atoms with E-state index in [-0.39, 0.29) is 47.9 Å². The number of halogens is 1. The van der Waals surface area contributed by atoms with Crippen LogP contribution >= 0.6 is 11.6 Å². The second-order valence-corrected chi connectivity index (χ2v) is 13.6. The lowest BCUT2D eigenvalue weighted by Gasteiger charge is -2.32. The SMILES string of the molecule is C#C[C@]1(COC(=O)C2CCC(CCCC)CC2)O[C@@H](n2cnc3c(N)nc(Cl)nc32)C[C@@H]1OC(=O)C1CCC(CCCC)CC1. The van der Waals surface area contributed by atoms with E-state index in [0.29, 0.717) is 23.0 Å². The number of esters is 2. The average molecular weight is 642 g/mol. The van der Waals surface area contributed by atoms with Crippen LogP contribution in [0.1, 0.15) is 116 Å². The number of ether oxygens (including phenoxy) is 3. The number of imidazole rings is 1. The predicted octanol–water partition coefficient (Wildman–Crippen LogP) is 6.80. The first-order chi connectivity index (χ1) is 21.8. The summed E-state index contributed by atoms with van der Waals surface area (Å²) in [6.45, 7) is 4.19. The molecule has 11 heteroatoms. The molecule has 2 N–H and O–H groups in total. The minimum absolute atomic E-state index is 0.0289. The van der Waals surface area contributed by atoms with Gasteiger partial charge in [-0.25, -0.2) is 4.98 Å². The Kier molecular flexibility index (Phi) is 11.2.